The maximum atomic E-state index is 16.2. The Bertz CT molecular complexity index is 3840. The molecule has 0 N–H and O–H groups in total. The van der Waals surface area contributed by atoms with Crippen LogP contribution in [0.1, 0.15) is 5.56 Å². The van der Waals surface area contributed by atoms with E-state index in [0.29, 0.717) is 43.6 Å². The second-order valence-electron chi connectivity index (χ2n) is 17.4. The molecule has 2 nitrogen and oxygen atoms in total. The van der Waals surface area contributed by atoms with Crippen LogP contribution in [0, 0.1) is 29.1 Å². The Labute approximate surface area is 400 Å². The number of aromatic nitrogens is 2. The van der Waals surface area contributed by atoms with Gasteiger partial charge in [-0.25, -0.2) is 22.0 Å². The lowest BCUT2D eigenvalue weighted by Crippen LogP contribution is -2.14. The summed E-state index contributed by atoms with van der Waals surface area (Å²) in [4.78, 5) is 0. The summed E-state index contributed by atoms with van der Waals surface area (Å²) < 4.78 is 129. The van der Waals surface area contributed by atoms with Crippen molar-refractivity contribution >= 4 is 43.6 Å². The third kappa shape index (κ3) is 7.16. The van der Waals surface area contributed by atoms with Crippen LogP contribution in [0.3, 0.4) is 0 Å². The molecule has 2 aromatic heterocycles. The number of fused-ring (bicyclic) bond motifs is 6. The second kappa shape index (κ2) is 16.7. The molecule has 344 valence electrons. The molecule has 12 aromatic rings. The van der Waals surface area contributed by atoms with Gasteiger partial charge in [-0.05, 0) is 80.9 Å². The molecule has 10 heteroatoms. The lowest BCUT2D eigenvalue weighted by Gasteiger charge is -2.23. The monoisotopic (exact) mass is 946 g/mol. The zero-order valence-corrected chi connectivity index (χ0v) is 37.0. The van der Waals surface area contributed by atoms with Crippen molar-refractivity contribution < 1.29 is 35.1 Å². The van der Waals surface area contributed by atoms with Gasteiger partial charge in [-0.15, -0.1) is 0 Å². The summed E-state index contributed by atoms with van der Waals surface area (Å²) in [6.45, 7) is 0. The van der Waals surface area contributed by atoms with Gasteiger partial charge in [0.1, 0.15) is 0 Å². The summed E-state index contributed by atoms with van der Waals surface area (Å²) in [5.74, 6) is -12.0. The molecule has 0 aliphatic carbocycles. The van der Waals surface area contributed by atoms with E-state index < -0.39 is 52.0 Å². The summed E-state index contributed by atoms with van der Waals surface area (Å²) in [7, 11) is 0. The molecule has 0 amide bonds. The van der Waals surface area contributed by atoms with Crippen LogP contribution in [0.2, 0.25) is 0 Å². The Balaban J connectivity index is 1.30. The molecule has 2 heterocycles. The van der Waals surface area contributed by atoms with Gasteiger partial charge in [0.15, 0.2) is 23.3 Å². The van der Waals surface area contributed by atoms with Gasteiger partial charge in [0.25, 0.3) is 0 Å². The molecule has 0 aliphatic rings. The average Bonchev–Trinajstić information content (AvgIpc) is 3.91. The van der Waals surface area contributed by atoms with Gasteiger partial charge in [-0.2, -0.15) is 13.2 Å². The molecule has 0 atom stereocenters. The van der Waals surface area contributed by atoms with Crippen LogP contribution in [0.25, 0.3) is 111 Å². The molecule has 0 bridgehead atoms. The Kier molecular flexibility index (Phi) is 10.3. The molecular formula is C61H34F8N2. The third-order valence-corrected chi connectivity index (χ3v) is 13.3. The first-order valence-electron chi connectivity index (χ1n) is 22.6. The van der Waals surface area contributed by atoms with Crippen molar-refractivity contribution in [2.75, 3.05) is 0 Å². The quantitative estimate of drug-likeness (QED) is 0.0856. The minimum absolute atomic E-state index is 0.0404. The average molecular weight is 947 g/mol. The fourth-order valence-corrected chi connectivity index (χ4v) is 10.0. The number of hydrogen-bond donors (Lipinski definition) is 0. The zero-order chi connectivity index (χ0) is 48.7. The van der Waals surface area contributed by atoms with Crippen LogP contribution in [0.4, 0.5) is 35.1 Å². The van der Waals surface area contributed by atoms with Gasteiger partial charge < -0.3 is 9.13 Å². The van der Waals surface area contributed by atoms with E-state index in [-0.39, 0.29) is 11.4 Å². The fourth-order valence-electron chi connectivity index (χ4n) is 10.0. The van der Waals surface area contributed by atoms with Crippen LogP contribution in [0.15, 0.2) is 206 Å². The van der Waals surface area contributed by atoms with Gasteiger partial charge in [-0.1, -0.05) is 170 Å². The van der Waals surface area contributed by atoms with Crippen molar-refractivity contribution in [3.8, 4) is 67.0 Å². The topological polar surface area (TPSA) is 9.86 Å². The molecule has 0 aliphatic heterocycles. The predicted molar refractivity (Wildman–Crippen MR) is 267 cm³/mol. The minimum Gasteiger partial charge on any atom is -0.307 e. The Morgan fingerprint density at radius 1 is 0.282 bits per heavy atom. The third-order valence-electron chi connectivity index (χ3n) is 13.3. The number of benzene rings is 10. The van der Waals surface area contributed by atoms with Crippen LogP contribution in [-0.2, 0) is 6.18 Å². The fraction of sp³-hybridized carbons (Fsp3) is 0.0164. The SMILES string of the molecule is Fc1c(F)c(F)c(-c2cc(-n3c4cc(-c5ccccc5)ccc4c4ccc(-c5ccccc5)cc43)c(-n3c4cc(-c5ccccc5)ccc4c4ccc(-c5ccccc5)cc43)cc2C(F)(F)F)c(F)c1F. The van der Waals surface area contributed by atoms with Crippen molar-refractivity contribution in [1.82, 2.24) is 9.13 Å². The lowest BCUT2D eigenvalue weighted by atomic mass is 9.95. The maximum Gasteiger partial charge on any atom is 0.417 e. The van der Waals surface area contributed by atoms with Crippen LogP contribution in [-0.4, -0.2) is 9.13 Å². The molecule has 0 radical (unpaired) electrons. The summed E-state index contributed by atoms with van der Waals surface area (Å²) in [5, 5.41) is 2.73. The van der Waals surface area contributed by atoms with E-state index in [0.717, 1.165) is 56.6 Å². The molecule has 71 heavy (non-hydrogen) atoms. The largest absolute Gasteiger partial charge is 0.417 e. The molecule has 0 saturated heterocycles. The van der Waals surface area contributed by atoms with Crippen molar-refractivity contribution in [3.05, 3.63) is 241 Å². The molecular weight excluding hydrogens is 913 g/mol. The van der Waals surface area contributed by atoms with E-state index >= 15 is 30.7 Å². The predicted octanol–water partition coefficient (Wildman–Crippen LogP) is 17.9. The highest BCUT2D eigenvalue weighted by Gasteiger charge is 2.39. The molecule has 10 aromatic carbocycles. The van der Waals surface area contributed by atoms with Crippen molar-refractivity contribution in [3.63, 3.8) is 0 Å². The second-order valence-corrected chi connectivity index (χ2v) is 17.4. The van der Waals surface area contributed by atoms with Crippen molar-refractivity contribution in [1.29, 1.82) is 0 Å². The Morgan fingerprint density at radius 2 is 0.563 bits per heavy atom. The van der Waals surface area contributed by atoms with Gasteiger partial charge in [0.05, 0.1) is 44.6 Å². The Morgan fingerprint density at radius 3 is 0.859 bits per heavy atom. The van der Waals surface area contributed by atoms with E-state index in [2.05, 4.69) is 0 Å². The number of rotatable bonds is 7. The first-order valence-corrected chi connectivity index (χ1v) is 22.6. The summed E-state index contributed by atoms with van der Waals surface area (Å²) in [6.07, 6.45) is -5.40. The smallest absolute Gasteiger partial charge is 0.307 e. The Hall–Kier alpha value is -8.76. The first kappa shape index (κ1) is 43.5. The normalized spacial score (nSPS) is 11.9. The van der Waals surface area contributed by atoms with Gasteiger partial charge in [0.2, 0.25) is 5.82 Å². The summed E-state index contributed by atoms with van der Waals surface area (Å²) in [5.41, 5.74) is 3.56. The van der Waals surface area contributed by atoms with Gasteiger partial charge >= 0.3 is 6.18 Å². The zero-order valence-electron chi connectivity index (χ0n) is 37.0. The molecule has 0 fully saturated rings. The van der Waals surface area contributed by atoms with E-state index in [9.17, 15) is 4.39 Å². The summed E-state index contributed by atoms with van der Waals surface area (Å²) >= 11 is 0. The van der Waals surface area contributed by atoms with E-state index in [1.165, 1.54) is 0 Å². The molecule has 0 spiro atoms. The van der Waals surface area contributed by atoms with Crippen molar-refractivity contribution in [2.45, 2.75) is 6.18 Å². The maximum absolute atomic E-state index is 16.2. The van der Waals surface area contributed by atoms with Gasteiger partial charge in [-0.3, -0.25) is 0 Å². The number of halogens is 8. The van der Waals surface area contributed by atoms with Crippen molar-refractivity contribution in [2.24, 2.45) is 0 Å². The minimum atomic E-state index is -5.40. The number of hydrogen-bond acceptors (Lipinski definition) is 0. The van der Waals surface area contributed by atoms with E-state index in [4.69, 9.17) is 0 Å². The van der Waals surface area contributed by atoms with E-state index in [1.54, 1.807) is 9.13 Å². The first-order chi connectivity index (χ1) is 34.4. The van der Waals surface area contributed by atoms with Crippen LogP contribution >= 0.6 is 0 Å². The van der Waals surface area contributed by atoms with E-state index in [1.807, 2.05) is 194 Å². The lowest BCUT2D eigenvalue weighted by molar-refractivity contribution is -0.137. The number of alkyl halides is 3. The highest BCUT2D eigenvalue weighted by atomic mass is 19.4. The molecule has 0 saturated carbocycles. The van der Waals surface area contributed by atoms with Crippen LogP contribution < -0.4 is 0 Å². The molecule has 12 rings (SSSR count). The molecule has 0 unspecified atom stereocenters. The number of nitrogens with zero attached hydrogens (tertiary/aromatic N) is 2. The highest BCUT2D eigenvalue weighted by molar-refractivity contribution is 6.14. The highest BCUT2D eigenvalue weighted by Crippen LogP contribution is 2.48. The van der Waals surface area contributed by atoms with Gasteiger partial charge in [0, 0.05) is 27.1 Å². The standard InChI is InChI=1S/C61H34F8N2/c62-56-55(57(63)59(65)60(66)58(56)64)47-33-53(70-49-29-39(35-13-5-1-6-14-35)21-25-43(49)44-26-22-40(30-50(44)70)36-15-7-2-8-16-36)54(34-48(47)61(67,68)69)71-51-31-41(37-17-9-3-10-18-37)23-27-45(51)46-28-24-42(32-52(46)71)38-19-11-4-12-20-38/h1-34H. The summed E-state index contributed by atoms with van der Waals surface area (Å²) in [6, 6.07) is 62.4. The van der Waals surface area contributed by atoms with Crippen LogP contribution in [0.5, 0.6) is 0 Å².